The minimum absolute atomic E-state index is 0.0428. The summed E-state index contributed by atoms with van der Waals surface area (Å²) >= 11 is 0. The highest BCUT2D eigenvalue weighted by Crippen LogP contribution is 2.40. The van der Waals surface area contributed by atoms with E-state index in [0.717, 1.165) is 36.8 Å². The zero-order chi connectivity index (χ0) is 18.3. The van der Waals surface area contributed by atoms with Crippen LogP contribution in [0.15, 0.2) is 48.5 Å². The molecule has 1 aliphatic heterocycles. The maximum Gasteiger partial charge on any atom is 0.269 e. The van der Waals surface area contributed by atoms with E-state index in [2.05, 4.69) is 0 Å². The molecular formula is C20H18N2O4. The lowest BCUT2D eigenvalue weighted by atomic mass is 9.81. The van der Waals surface area contributed by atoms with Crippen LogP contribution in [0.5, 0.6) is 0 Å². The molecule has 2 aliphatic rings. The number of rotatable bonds is 3. The summed E-state index contributed by atoms with van der Waals surface area (Å²) in [5, 5.41) is 10.7. The molecule has 2 amide bonds. The molecule has 1 saturated heterocycles. The minimum Gasteiger partial charge on any atom is -0.274 e. The highest BCUT2D eigenvalue weighted by atomic mass is 16.6. The lowest BCUT2D eigenvalue weighted by Gasteiger charge is -2.19. The topological polar surface area (TPSA) is 80.5 Å². The van der Waals surface area contributed by atoms with Gasteiger partial charge in [-0.15, -0.1) is 0 Å². The molecule has 2 fully saturated rings. The van der Waals surface area contributed by atoms with Crippen LogP contribution >= 0.6 is 0 Å². The SMILES string of the molecule is O=C1[C@H]2CCCC[C@@H]2C(=O)N1c1ccc(-c2ccc([N+](=O)[O-])cc2)cc1. The molecule has 0 spiro atoms. The Morgan fingerprint density at radius 1 is 0.808 bits per heavy atom. The van der Waals surface area contributed by atoms with Gasteiger partial charge in [-0.3, -0.25) is 24.6 Å². The highest BCUT2D eigenvalue weighted by molar-refractivity contribution is 6.22. The Morgan fingerprint density at radius 2 is 1.27 bits per heavy atom. The van der Waals surface area contributed by atoms with Crippen molar-refractivity contribution in [3.8, 4) is 11.1 Å². The van der Waals surface area contributed by atoms with Crippen molar-refractivity contribution >= 4 is 23.2 Å². The molecule has 0 aromatic heterocycles. The average Bonchev–Trinajstić information content (AvgIpc) is 2.93. The molecule has 0 radical (unpaired) electrons. The van der Waals surface area contributed by atoms with Gasteiger partial charge in [0.25, 0.3) is 5.69 Å². The summed E-state index contributed by atoms with van der Waals surface area (Å²) in [6.45, 7) is 0. The molecule has 26 heavy (non-hydrogen) atoms. The number of carbonyl (C=O) groups excluding carboxylic acids is 2. The fraction of sp³-hybridized carbons (Fsp3) is 0.300. The van der Waals surface area contributed by atoms with E-state index in [1.54, 1.807) is 24.3 Å². The molecule has 132 valence electrons. The van der Waals surface area contributed by atoms with Crippen molar-refractivity contribution < 1.29 is 14.5 Å². The number of anilines is 1. The van der Waals surface area contributed by atoms with E-state index >= 15 is 0 Å². The van der Waals surface area contributed by atoms with Crippen molar-refractivity contribution in [2.45, 2.75) is 25.7 Å². The Kier molecular flexibility index (Phi) is 4.03. The van der Waals surface area contributed by atoms with Gasteiger partial charge >= 0.3 is 0 Å². The average molecular weight is 350 g/mol. The number of hydrogen-bond acceptors (Lipinski definition) is 4. The smallest absolute Gasteiger partial charge is 0.269 e. The molecule has 2 aromatic rings. The van der Waals surface area contributed by atoms with Crippen molar-refractivity contribution in [3.63, 3.8) is 0 Å². The maximum atomic E-state index is 12.6. The molecule has 4 rings (SSSR count). The number of nitrogens with zero attached hydrogens (tertiary/aromatic N) is 2. The standard InChI is InChI=1S/C20H18N2O4/c23-19-17-3-1-2-4-18(17)20(24)21(19)15-9-5-13(6-10-15)14-7-11-16(12-8-14)22(25)26/h5-12,17-18H,1-4H2/t17-,18-/m0/s1. The van der Waals surface area contributed by atoms with Crippen LogP contribution in [0.25, 0.3) is 11.1 Å². The van der Waals surface area contributed by atoms with E-state index in [4.69, 9.17) is 0 Å². The first-order chi connectivity index (χ1) is 12.6. The Morgan fingerprint density at radius 3 is 1.73 bits per heavy atom. The van der Waals surface area contributed by atoms with Crippen LogP contribution in [0.2, 0.25) is 0 Å². The monoisotopic (exact) mass is 350 g/mol. The third kappa shape index (κ3) is 2.67. The van der Waals surface area contributed by atoms with Crippen LogP contribution in [0.4, 0.5) is 11.4 Å². The Hall–Kier alpha value is -3.02. The van der Waals surface area contributed by atoms with Crippen LogP contribution in [0, 0.1) is 22.0 Å². The number of fused-ring (bicyclic) bond motifs is 1. The molecule has 1 heterocycles. The summed E-state index contributed by atoms with van der Waals surface area (Å²) in [4.78, 5) is 36.9. The summed E-state index contributed by atoms with van der Waals surface area (Å²) in [5.74, 6) is -0.484. The second-order valence-corrected chi connectivity index (χ2v) is 6.86. The zero-order valence-corrected chi connectivity index (χ0v) is 14.1. The predicted octanol–water partition coefficient (Wildman–Crippen LogP) is 3.94. The molecule has 6 heteroatoms. The van der Waals surface area contributed by atoms with E-state index < -0.39 is 4.92 Å². The Bertz CT molecular complexity index is 850. The van der Waals surface area contributed by atoms with Crippen LogP contribution in [-0.4, -0.2) is 16.7 Å². The maximum absolute atomic E-state index is 12.6. The summed E-state index contributed by atoms with van der Waals surface area (Å²) in [6.07, 6.45) is 3.61. The third-order valence-corrected chi connectivity index (χ3v) is 5.38. The second-order valence-electron chi connectivity index (χ2n) is 6.86. The van der Waals surface area contributed by atoms with Crippen LogP contribution in [0.1, 0.15) is 25.7 Å². The van der Waals surface area contributed by atoms with E-state index in [1.165, 1.54) is 17.0 Å². The molecular weight excluding hydrogens is 332 g/mol. The number of amides is 2. The predicted molar refractivity (Wildman–Crippen MR) is 96.5 cm³/mol. The van der Waals surface area contributed by atoms with Crippen molar-refractivity contribution in [2.24, 2.45) is 11.8 Å². The second kappa shape index (κ2) is 6.37. The van der Waals surface area contributed by atoms with Crippen LogP contribution < -0.4 is 4.90 Å². The Labute approximate surface area is 150 Å². The van der Waals surface area contributed by atoms with Gasteiger partial charge in [0.1, 0.15) is 0 Å². The largest absolute Gasteiger partial charge is 0.274 e. The van der Waals surface area contributed by atoms with Gasteiger partial charge in [-0.2, -0.15) is 0 Å². The quantitative estimate of drug-likeness (QED) is 0.477. The highest BCUT2D eigenvalue weighted by Gasteiger charge is 2.48. The van der Waals surface area contributed by atoms with Gasteiger partial charge in [-0.05, 0) is 48.2 Å². The zero-order valence-electron chi connectivity index (χ0n) is 14.1. The number of imide groups is 1. The molecule has 6 nitrogen and oxygen atoms in total. The summed E-state index contributed by atoms with van der Waals surface area (Å²) in [5.41, 5.74) is 2.36. The number of non-ortho nitro benzene ring substituents is 1. The van der Waals surface area contributed by atoms with Crippen molar-refractivity contribution in [1.29, 1.82) is 0 Å². The van der Waals surface area contributed by atoms with Gasteiger partial charge in [-0.25, -0.2) is 0 Å². The number of carbonyl (C=O) groups is 2. The van der Waals surface area contributed by atoms with Crippen molar-refractivity contribution in [3.05, 3.63) is 58.6 Å². The van der Waals surface area contributed by atoms with E-state index in [0.29, 0.717) is 5.69 Å². The molecule has 2 aromatic carbocycles. The number of nitro groups is 1. The van der Waals surface area contributed by atoms with Gasteiger partial charge in [0.05, 0.1) is 22.4 Å². The van der Waals surface area contributed by atoms with Crippen LogP contribution in [0.3, 0.4) is 0 Å². The van der Waals surface area contributed by atoms with Crippen molar-refractivity contribution in [2.75, 3.05) is 4.90 Å². The molecule has 2 atom stereocenters. The summed E-state index contributed by atoms with van der Waals surface area (Å²) < 4.78 is 0. The van der Waals surface area contributed by atoms with Gasteiger partial charge in [0.15, 0.2) is 0 Å². The van der Waals surface area contributed by atoms with Crippen LogP contribution in [-0.2, 0) is 9.59 Å². The number of hydrogen-bond donors (Lipinski definition) is 0. The first-order valence-corrected chi connectivity index (χ1v) is 8.79. The van der Waals surface area contributed by atoms with Gasteiger partial charge in [0, 0.05) is 12.1 Å². The minimum atomic E-state index is -0.434. The first-order valence-electron chi connectivity index (χ1n) is 8.79. The first kappa shape index (κ1) is 16.4. The molecule has 0 N–H and O–H groups in total. The normalized spacial score (nSPS) is 22.4. The molecule has 1 saturated carbocycles. The number of nitro benzene ring substituents is 1. The molecule has 1 aliphatic carbocycles. The molecule has 0 unspecified atom stereocenters. The lowest BCUT2D eigenvalue weighted by molar-refractivity contribution is -0.384. The fourth-order valence-electron chi connectivity index (χ4n) is 4.00. The van der Waals surface area contributed by atoms with Gasteiger partial charge < -0.3 is 0 Å². The van der Waals surface area contributed by atoms with E-state index in [1.807, 2.05) is 12.1 Å². The van der Waals surface area contributed by atoms with E-state index in [-0.39, 0.29) is 29.3 Å². The van der Waals surface area contributed by atoms with Crippen molar-refractivity contribution in [1.82, 2.24) is 0 Å². The summed E-state index contributed by atoms with van der Waals surface area (Å²) in [7, 11) is 0. The Balaban J connectivity index is 1.59. The molecule has 0 bridgehead atoms. The lowest BCUT2D eigenvalue weighted by Crippen LogP contribution is -2.30. The van der Waals surface area contributed by atoms with E-state index in [9.17, 15) is 19.7 Å². The fourth-order valence-corrected chi connectivity index (χ4v) is 4.00. The number of benzene rings is 2. The third-order valence-electron chi connectivity index (χ3n) is 5.38. The van der Waals surface area contributed by atoms with Gasteiger partial charge in [-0.1, -0.05) is 25.0 Å². The summed E-state index contributed by atoms with van der Waals surface area (Å²) in [6, 6.07) is 13.5. The van der Waals surface area contributed by atoms with Gasteiger partial charge in [0.2, 0.25) is 11.8 Å².